The van der Waals surface area contributed by atoms with Gasteiger partial charge in [0.2, 0.25) is 0 Å². The molecule has 0 bridgehead atoms. The lowest BCUT2D eigenvalue weighted by Gasteiger charge is -2.27. The van der Waals surface area contributed by atoms with Crippen molar-refractivity contribution in [3.05, 3.63) is 0 Å². The van der Waals surface area contributed by atoms with Crippen LogP contribution in [0.5, 0.6) is 0 Å². The summed E-state index contributed by atoms with van der Waals surface area (Å²) in [5.41, 5.74) is 0. The average molecular weight is 271 g/mol. The Kier molecular flexibility index (Phi) is 6.28. The van der Waals surface area contributed by atoms with Crippen molar-refractivity contribution in [2.24, 2.45) is 5.92 Å². The van der Waals surface area contributed by atoms with Gasteiger partial charge < -0.3 is 14.7 Å². The number of ether oxygens (including phenoxy) is 1. The van der Waals surface area contributed by atoms with Crippen molar-refractivity contribution in [2.75, 3.05) is 13.1 Å². The summed E-state index contributed by atoms with van der Waals surface area (Å²) in [5.74, 6) is -0.530. The lowest BCUT2D eigenvalue weighted by Crippen LogP contribution is -2.42. The van der Waals surface area contributed by atoms with Gasteiger partial charge in [0.05, 0.1) is 0 Å². The molecule has 1 N–H and O–H groups in total. The zero-order chi connectivity index (χ0) is 14.4. The summed E-state index contributed by atoms with van der Waals surface area (Å²) in [6, 6.07) is 0. The van der Waals surface area contributed by atoms with E-state index in [4.69, 9.17) is 9.84 Å². The number of hydrogen-bond donors (Lipinski definition) is 1. The molecule has 0 spiro atoms. The third-order valence-corrected chi connectivity index (χ3v) is 3.90. The fraction of sp³-hybridized carbons (Fsp3) is 0.857. The van der Waals surface area contributed by atoms with E-state index in [1.165, 1.54) is 0 Å². The Labute approximate surface area is 114 Å². The summed E-state index contributed by atoms with van der Waals surface area (Å²) in [6.45, 7) is 7.58. The molecule has 0 aromatic carbocycles. The molecule has 1 heterocycles. The molecule has 0 aromatic rings. The lowest BCUT2D eigenvalue weighted by atomic mass is 10.0. The minimum absolute atomic E-state index is 0.0573. The molecule has 0 radical (unpaired) electrons. The third-order valence-electron chi connectivity index (χ3n) is 3.90. The molecule has 1 rings (SSSR count). The topological polar surface area (TPSA) is 66.8 Å². The zero-order valence-electron chi connectivity index (χ0n) is 12.1. The zero-order valence-corrected chi connectivity index (χ0v) is 12.1. The van der Waals surface area contributed by atoms with Crippen LogP contribution in [0.15, 0.2) is 0 Å². The maximum Gasteiger partial charge on any atom is 0.332 e. The first kappa shape index (κ1) is 16.0. The average Bonchev–Trinajstić information content (AvgIpc) is 2.89. The first-order chi connectivity index (χ1) is 9.03. The van der Waals surface area contributed by atoms with Crippen molar-refractivity contribution in [3.8, 4) is 0 Å². The number of hydrogen-bond acceptors (Lipinski definition) is 3. The molecule has 1 aliphatic heterocycles. The van der Waals surface area contributed by atoms with E-state index in [9.17, 15) is 9.59 Å². The molecule has 0 aliphatic carbocycles. The number of carbonyl (C=O) groups is 2. The van der Waals surface area contributed by atoms with E-state index in [0.717, 1.165) is 19.4 Å². The maximum atomic E-state index is 12.3. The summed E-state index contributed by atoms with van der Waals surface area (Å²) in [7, 11) is 0. The standard InChI is InChI=1S/C14H25NO4/c1-4-10(5-2)9-15(6-3)13(16)11-7-8-12(19-11)14(17)18/h10-12H,4-9H2,1-3H3,(H,17,18)/t11-,12+/m0/s1. The number of nitrogens with zero attached hydrogens (tertiary/aromatic N) is 1. The van der Waals surface area contributed by atoms with Gasteiger partial charge in [-0.05, 0) is 25.7 Å². The molecule has 2 atom stereocenters. The number of carbonyl (C=O) groups excluding carboxylic acids is 1. The van der Waals surface area contributed by atoms with Crippen LogP contribution < -0.4 is 0 Å². The van der Waals surface area contributed by atoms with E-state index in [1.54, 1.807) is 4.90 Å². The van der Waals surface area contributed by atoms with E-state index < -0.39 is 18.2 Å². The van der Waals surface area contributed by atoms with Crippen LogP contribution in [-0.2, 0) is 14.3 Å². The molecular weight excluding hydrogens is 246 g/mol. The highest BCUT2D eigenvalue weighted by Gasteiger charge is 2.36. The monoisotopic (exact) mass is 271 g/mol. The van der Waals surface area contributed by atoms with Gasteiger partial charge in [-0.3, -0.25) is 4.79 Å². The Hall–Kier alpha value is -1.10. The quantitative estimate of drug-likeness (QED) is 0.768. The van der Waals surface area contributed by atoms with Crippen molar-refractivity contribution in [1.29, 1.82) is 0 Å². The van der Waals surface area contributed by atoms with Crippen molar-refractivity contribution >= 4 is 11.9 Å². The Bertz CT molecular complexity index is 315. The smallest absolute Gasteiger partial charge is 0.332 e. The van der Waals surface area contributed by atoms with Gasteiger partial charge in [0.15, 0.2) is 6.10 Å². The Morgan fingerprint density at radius 3 is 2.21 bits per heavy atom. The minimum atomic E-state index is -0.974. The third kappa shape index (κ3) is 4.20. The molecule has 1 saturated heterocycles. The molecule has 1 aliphatic rings. The number of aliphatic carboxylic acids is 1. The molecule has 19 heavy (non-hydrogen) atoms. The van der Waals surface area contributed by atoms with E-state index in [1.807, 2.05) is 6.92 Å². The molecule has 0 saturated carbocycles. The fourth-order valence-electron chi connectivity index (χ4n) is 2.44. The van der Waals surface area contributed by atoms with Gasteiger partial charge in [-0.15, -0.1) is 0 Å². The van der Waals surface area contributed by atoms with Crippen LogP contribution in [0.1, 0.15) is 46.5 Å². The van der Waals surface area contributed by atoms with Crippen LogP contribution in [0.2, 0.25) is 0 Å². The highest BCUT2D eigenvalue weighted by atomic mass is 16.5. The first-order valence-electron chi connectivity index (χ1n) is 7.20. The SMILES string of the molecule is CCC(CC)CN(CC)C(=O)[C@@H]1CC[C@H](C(=O)O)O1. The summed E-state index contributed by atoms with van der Waals surface area (Å²) in [6.07, 6.45) is 1.63. The molecule has 110 valence electrons. The molecule has 0 aromatic heterocycles. The second kappa shape index (κ2) is 7.48. The molecule has 0 unspecified atom stereocenters. The minimum Gasteiger partial charge on any atom is -0.479 e. The summed E-state index contributed by atoms with van der Waals surface area (Å²) < 4.78 is 5.33. The second-order valence-electron chi connectivity index (χ2n) is 5.09. The second-order valence-corrected chi connectivity index (χ2v) is 5.09. The molecule has 5 nitrogen and oxygen atoms in total. The van der Waals surface area contributed by atoms with E-state index in [-0.39, 0.29) is 5.91 Å². The molecular formula is C14H25NO4. The number of carboxylic acid groups (broad SMARTS) is 1. The van der Waals surface area contributed by atoms with Gasteiger partial charge >= 0.3 is 5.97 Å². The lowest BCUT2D eigenvalue weighted by molar-refractivity contribution is -0.155. The van der Waals surface area contributed by atoms with Crippen molar-refractivity contribution < 1.29 is 19.4 Å². The Balaban J connectivity index is 2.57. The Morgan fingerprint density at radius 1 is 1.21 bits per heavy atom. The highest BCUT2D eigenvalue weighted by molar-refractivity contribution is 5.82. The largest absolute Gasteiger partial charge is 0.479 e. The van der Waals surface area contributed by atoms with E-state index in [0.29, 0.717) is 25.3 Å². The predicted octanol–water partition coefficient (Wildman–Crippen LogP) is 1.90. The normalized spacial score (nSPS) is 22.7. The van der Waals surface area contributed by atoms with Gasteiger partial charge in [-0.25, -0.2) is 4.79 Å². The van der Waals surface area contributed by atoms with Crippen LogP contribution in [0.4, 0.5) is 0 Å². The Morgan fingerprint density at radius 2 is 1.79 bits per heavy atom. The number of carboxylic acids is 1. The van der Waals surface area contributed by atoms with Crippen LogP contribution in [-0.4, -0.2) is 47.2 Å². The van der Waals surface area contributed by atoms with Crippen molar-refractivity contribution in [1.82, 2.24) is 4.90 Å². The van der Waals surface area contributed by atoms with E-state index in [2.05, 4.69) is 13.8 Å². The van der Waals surface area contributed by atoms with Crippen molar-refractivity contribution in [3.63, 3.8) is 0 Å². The number of rotatable bonds is 7. The first-order valence-corrected chi connectivity index (χ1v) is 7.20. The summed E-state index contributed by atoms with van der Waals surface area (Å²) in [4.78, 5) is 24.9. The summed E-state index contributed by atoms with van der Waals surface area (Å²) in [5, 5.41) is 8.88. The number of amides is 1. The predicted molar refractivity (Wildman–Crippen MR) is 71.9 cm³/mol. The maximum absolute atomic E-state index is 12.3. The van der Waals surface area contributed by atoms with Crippen molar-refractivity contribution in [2.45, 2.75) is 58.7 Å². The van der Waals surface area contributed by atoms with E-state index >= 15 is 0 Å². The van der Waals surface area contributed by atoms with Crippen LogP contribution in [0.3, 0.4) is 0 Å². The van der Waals surface area contributed by atoms with Crippen LogP contribution in [0.25, 0.3) is 0 Å². The number of likely N-dealkylation sites (N-methyl/N-ethyl adjacent to an activating group) is 1. The van der Waals surface area contributed by atoms with Gasteiger partial charge in [-0.1, -0.05) is 26.7 Å². The molecule has 1 amide bonds. The summed E-state index contributed by atoms with van der Waals surface area (Å²) >= 11 is 0. The highest BCUT2D eigenvalue weighted by Crippen LogP contribution is 2.22. The van der Waals surface area contributed by atoms with Gasteiger partial charge in [0.1, 0.15) is 6.10 Å². The molecule has 5 heteroatoms. The van der Waals surface area contributed by atoms with Crippen LogP contribution in [0, 0.1) is 5.92 Å². The molecule has 1 fully saturated rings. The van der Waals surface area contributed by atoms with Crippen LogP contribution >= 0.6 is 0 Å². The fourth-order valence-corrected chi connectivity index (χ4v) is 2.44. The van der Waals surface area contributed by atoms with Gasteiger partial charge in [0, 0.05) is 13.1 Å². The van der Waals surface area contributed by atoms with Gasteiger partial charge in [-0.2, -0.15) is 0 Å². The van der Waals surface area contributed by atoms with Gasteiger partial charge in [0.25, 0.3) is 5.91 Å².